The number of aryl methyl sites for hydroxylation is 3. The second-order valence-corrected chi connectivity index (χ2v) is 6.65. The molecule has 0 aromatic heterocycles. The number of hydrogen-bond donors (Lipinski definition) is 1. The summed E-state index contributed by atoms with van der Waals surface area (Å²) < 4.78 is 5.02. The van der Waals surface area contributed by atoms with Crippen molar-refractivity contribution in [1.82, 2.24) is 0 Å². The van der Waals surface area contributed by atoms with E-state index >= 15 is 0 Å². The van der Waals surface area contributed by atoms with E-state index < -0.39 is 5.97 Å². The van der Waals surface area contributed by atoms with Crippen LogP contribution in [0.15, 0.2) is 47.4 Å². The van der Waals surface area contributed by atoms with Crippen LogP contribution in [0, 0.1) is 20.8 Å². The smallest absolute Gasteiger partial charge is 0.316 e. The molecule has 0 saturated carbocycles. The van der Waals surface area contributed by atoms with Crippen molar-refractivity contribution in [3.8, 4) is 0 Å². The summed E-state index contributed by atoms with van der Waals surface area (Å²) in [7, 11) is 0. The largest absolute Gasteiger partial charge is 0.455 e. The minimum atomic E-state index is -0.403. The van der Waals surface area contributed by atoms with Gasteiger partial charge in [0.15, 0.2) is 6.61 Å². The third-order valence-electron chi connectivity index (χ3n) is 3.39. The minimum absolute atomic E-state index is 0.183. The molecule has 0 aliphatic heterocycles. The Morgan fingerprint density at radius 1 is 1.00 bits per heavy atom. The molecule has 1 amide bonds. The van der Waals surface area contributed by atoms with Gasteiger partial charge in [-0.2, -0.15) is 0 Å². The second kappa shape index (κ2) is 8.55. The molecule has 5 heteroatoms. The molecule has 2 aromatic rings. The average molecular weight is 343 g/mol. The fourth-order valence-corrected chi connectivity index (χ4v) is 2.94. The third kappa shape index (κ3) is 5.74. The number of rotatable bonds is 6. The molecule has 0 heterocycles. The molecule has 1 N–H and O–H groups in total. The first-order valence-electron chi connectivity index (χ1n) is 7.66. The number of hydrogen-bond acceptors (Lipinski definition) is 4. The molecule has 0 saturated heterocycles. The zero-order valence-corrected chi connectivity index (χ0v) is 14.9. The summed E-state index contributed by atoms with van der Waals surface area (Å²) in [5.74, 6) is -0.564. The molecule has 0 aliphatic carbocycles. The lowest BCUT2D eigenvalue weighted by Gasteiger charge is -2.08. The van der Waals surface area contributed by atoms with Gasteiger partial charge in [0.05, 0.1) is 5.75 Å². The highest BCUT2D eigenvalue weighted by Gasteiger charge is 2.09. The number of nitrogens with one attached hydrogen (secondary N) is 1. The fourth-order valence-electron chi connectivity index (χ4n) is 2.02. The van der Waals surface area contributed by atoms with Gasteiger partial charge >= 0.3 is 5.97 Å². The summed E-state index contributed by atoms with van der Waals surface area (Å²) in [4.78, 5) is 24.6. The molecule has 0 fully saturated rings. The van der Waals surface area contributed by atoms with Crippen LogP contribution in [0.3, 0.4) is 0 Å². The van der Waals surface area contributed by atoms with Gasteiger partial charge in [-0.1, -0.05) is 35.4 Å². The Balaban J connectivity index is 1.75. The predicted molar refractivity (Wildman–Crippen MR) is 97.4 cm³/mol. The maximum absolute atomic E-state index is 11.8. The van der Waals surface area contributed by atoms with Crippen LogP contribution in [0.1, 0.15) is 16.7 Å². The molecular weight excluding hydrogens is 322 g/mol. The van der Waals surface area contributed by atoms with Crippen LogP contribution in [0.4, 0.5) is 5.69 Å². The maximum atomic E-state index is 11.8. The molecule has 0 spiro atoms. The molecular formula is C19H21NO3S. The highest BCUT2D eigenvalue weighted by Crippen LogP contribution is 2.23. The first-order valence-corrected chi connectivity index (χ1v) is 8.65. The fraction of sp³-hybridized carbons (Fsp3) is 0.263. The summed E-state index contributed by atoms with van der Waals surface area (Å²) in [6.45, 7) is 5.71. The number of amides is 1. The van der Waals surface area contributed by atoms with Gasteiger partial charge in [-0.05, 0) is 44.5 Å². The van der Waals surface area contributed by atoms with Crippen molar-refractivity contribution in [2.75, 3.05) is 17.7 Å². The number of anilines is 1. The zero-order chi connectivity index (χ0) is 17.5. The number of ether oxygens (including phenoxy) is 1. The molecule has 2 aromatic carbocycles. The lowest BCUT2D eigenvalue weighted by atomic mass is 10.2. The lowest BCUT2D eigenvalue weighted by Crippen LogP contribution is -2.21. The van der Waals surface area contributed by atoms with E-state index in [0.29, 0.717) is 5.69 Å². The second-order valence-electron chi connectivity index (χ2n) is 5.63. The van der Waals surface area contributed by atoms with Crippen LogP contribution in [0.5, 0.6) is 0 Å². The van der Waals surface area contributed by atoms with Crippen molar-refractivity contribution in [1.29, 1.82) is 0 Å². The Hall–Kier alpha value is -2.27. The van der Waals surface area contributed by atoms with E-state index in [-0.39, 0.29) is 18.3 Å². The lowest BCUT2D eigenvalue weighted by molar-refractivity contribution is -0.144. The number of carbonyl (C=O) groups excluding carboxylic acids is 2. The van der Waals surface area contributed by atoms with E-state index in [1.54, 1.807) is 0 Å². The molecule has 0 atom stereocenters. The minimum Gasteiger partial charge on any atom is -0.455 e. The van der Waals surface area contributed by atoms with E-state index in [2.05, 4.69) is 5.32 Å². The number of benzene rings is 2. The summed E-state index contributed by atoms with van der Waals surface area (Å²) in [6.07, 6.45) is 0. The molecule has 0 bridgehead atoms. The van der Waals surface area contributed by atoms with Crippen LogP contribution in [-0.4, -0.2) is 24.2 Å². The molecule has 0 unspecified atom stereocenters. The highest BCUT2D eigenvalue weighted by molar-refractivity contribution is 8.00. The number of thioether (sulfide) groups is 1. The predicted octanol–water partition coefficient (Wildman–Crippen LogP) is 3.89. The van der Waals surface area contributed by atoms with Gasteiger partial charge in [0, 0.05) is 10.6 Å². The summed E-state index contributed by atoms with van der Waals surface area (Å²) in [5, 5.41) is 2.69. The first kappa shape index (κ1) is 18.1. The van der Waals surface area contributed by atoms with Crippen LogP contribution in [-0.2, 0) is 14.3 Å². The standard InChI is InChI=1S/C19H21NO3S/c1-13-5-8-16(9-6-13)20-18(21)11-23-19(22)12-24-17-10-14(2)4-7-15(17)3/h4-10H,11-12H2,1-3H3,(H,20,21). The number of carbonyl (C=O) groups is 2. The Kier molecular flexibility index (Phi) is 6.44. The summed E-state index contributed by atoms with van der Waals surface area (Å²) in [6, 6.07) is 13.5. The van der Waals surface area contributed by atoms with Gasteiger partial charge in [0.25, 0.3) is 5.91 Å². The Labute approximate surface area is 146 Å². The number of esters is 1. The summed E-state index contributed by atoms with van der Waals surface area (Å²) in [5.41, 5.74) is 4.07. The van der Waals surface area contributed by atoms with Crippen molar-refractivity contribution in [2.24, 2.45) is 0 Å². The molecule has 126 valence electrons. The van der Waals surface area contributed by atoms with Gasteiger partial charge < -0.3 is 10.1 Å². The van der Waals surface area contributed by atoms with E-state index in [9.17, 15) is 9.59 Å². The van der Waals surface area contributed by atoms with Crippen molar-refractivity contribution < 1.29 is 14.3 Å². The van der Waals surface area contributed by atoms with Gasteiger partial charge in [-0.25, -0.2) is 0 Å². The topological polar surface area (TPSA) is 55.4 Å². The summed E-state index contributed by atoms with van der Waals surface area (Å²) >= 11 is 1.42. The van der Waals surface area contributed by atoms with Crippen LogP contribution >= 0.6 is 11.8 Å². The molecule has 0 aliphatic rings. The molecule has 4 nitrogen and oxygen atoms in total. The van der Waals surface area contributed by atoms with Gasteiger partial charge in [-0.3, -0.25) is 9.59 Å². The van der Waals surface area contributed by atoms with Crippen molar-refractivity contribution >= 4 is 29.3 Å². The van der Waals surface area contributed by atoms with Crippen molar-refractivity contribution in [3.05, 3.63) is 59.2 Å². The van der Waals surface area contributed by atoms with Gasteiger partial charge in [0.1, 0.15) is 0 Å². The first-order chi connectivity index (χ1) is 11.4. The SMILES string of the molecule is Cc1ccc(NC(=O)COC(=O)CSc2cc(C)ccc2C)cc1. The van der Waals surface area contributed by atoms with E-state index in [0.717, 1.165) is 21.6 Å². The normalized spacial score (nSPS) is 10.3. The molecule has 0 radical (unpaired) electrons. The van der Waals surface area contributed by atoms with Crippen LogP contribution in [0.2, 0.25) is 0 Å². The highest BCUT2D eigenvalue weighted by atomic mass is 32.2. The van der Waals surface area contributed by atoms with E-state index in [1.807, 2.05) is 63.2 Å². The van der Waals surface area contributed by atoms with Crippen LogP contribution < -0.4 is 5.32 Å². The third-order valence-corrected chi connectivity index (χ3v) is 4.52. The van der Waals surface area contributed by atoms with E-state index in [1.165, 1.54) is 11.8 Å². The Bertz CT molecular complexity index is 726. The van der Waals surface area contributed by atoms with Crippen molar-refractivity contribution in [3.63, 3.8) is 0 Å². The van der Waals surface area contributed by atoms with E-state index in [4.69, 9.17) is 4.74 Å². The molecule has 2 rings (SSSR count). The van der Waals surface area contributed by atoms with Crippen molar-refractivity contribution in [2.45, 2.75) is 25.7 Å². The van der Waals surface area contributed by atoms with Gasteiger partial charge in [0.2, 0.25) is 0 Å². The maximum Gasteiger partial charge on any atom is 0.316 e. The quantitative estimate of drug-likeness (QED) is 0.639. The van der Waals surface area contributed by atoms with Gasteiger partial charge in [-0.15, -0.1) is 11.8 Å². The van der Waals surface area contributed by atoms with Crippen LogP contribution in [0.25, 0.3) is 0 Å². The molecule has 24 heavy (non-hydrogen) atoms. The Morgan fingerprint density at radius 3 is 2.38 bits per heavy atom. The Morgan fingerprint density at radius 2 is 1.67 bits per heavy atom. The average Bonchev–Trinajstić information content (AvgIpc) is 2.56. The zero-order valence-electron chi connectivity index (χ0n) is 14.1. The monoisotopic (exact) mass is 343 g/mol.